The fraction of sp³-hybridized carbons (Fsp3) is 0.385. The zero-order valence-corrected chi connectivity index (χ0v) is 10.6. The third-order valence-electron chi connectivity index (χ3n) is 3.24. The number of nitrogens with zero attached hydrogens (tertiary/aromatic N) is 3. The van der Waals surface area contributed by atoms with Crippen LogP contribution in [0.15, 0.2) is 24.3 Å². The van der Waals surface area contributed by atoms with Gasteiger partial charge in [0.15, 0.2) is 0 Å². The van der Waals surface area contributed by atoms with Gasteiger partial charge in [0.25, 0.3) is 0 Å². The number of benzene rings is 1. The van der Waals surface area contributed by atoms with Gasteiger partial charge in [0.2, 0.25) is 5.28 Å². The van der Waals surface area contributed by atoms with Crippen LogP contribution >= 0.6 is 11.6 Å². The van der Waals surface area contributed by atoms with E-state index in [0.717, 1.165) is 18.7 Å². The van der Waals surface area contributed by atoms with Gasteiger partial charge >= 0.3 is 0 Å². The lowest BCUT2D eigenvalue weighted by Gasteiger charge is -2.07. The van der Waals surface area contributed by atoms with Crippen LogP contribution in [0.2, 0.25) is 5.28 Å². The Labute approximate surface area is 110 Å². The Balaban J connectivity index is 1.77. The summed E-state index contributed by atoms with van der Waals surface area (Å²) in [5, 5.41) is 8.39. The van der Waals surface area contributed by atoms with Crippen molar-refractivity contribution in [2.45, 2.75) is 31.7 Å². The third kappa shape index (κ3) is 2.25. The molecule has 0 saturated heterocycles. The normalized spacial score (nSPS) is 15.0. The number of halogens is 2. The summed E-state index contributed by atoms with van der Waals surface area (Å²) in [7, 11) is 0. The lowest BCUT2D eigenvalue weighted by Crippen LogP contribution is -2.06. The minimum Gasteiger partial charge on any atom is -0.301 e. The van der Waals surface area contributed by atoms with Gasteiger partial charge in [0.05, 0.1) is 0 Å². The summed E-state index contributed by atoms with van der Waals surface area (Å²) >= 11 is 6.02. The van der Waals surface area contributed by atoms with Gasteiger partial charge in [-0.05, 0) is 42.5 Å². The Bertz CT molecular complexity index is 563. The predicted molar refractivity (Wildman–Crippen MR) is 67.1 cm³/mol. The summed E-state index contributed by atoms with van der Waals surface area (Å²) in [4.78, 5) is 0. The zero-order chi connectivity index (χ0) is 12.5. The monoisotopic (exact) mass is 265 g/mol. The second-order valence-corrected chi connectivity index (χ2v) is 4.93. The van der Waals surface area contributed by atoms with E-state index >= 15 is 0 Å². The average molecular weight is 266 g/mol. The van der Waals surface area contributed by atoms with Crippen molar-refractivity contribution in [3.63, 3.8) is 0 Å². The van der Waals surface area contributed by atoms with E-state index in [1.165, 1.54) is 6.07 Å². The molecule has 1 aromatic carbocycles. The smallest absolute Gasteiger partial charge is 0.225 e. The molecular weight excluding hydrogens is 253 g/mol. The molecule has 1 fully saturated rings. The van der Waals surface area contributed by atoms with Gasteiger partial charge in [-0.1, -0.05) is 18.2 Å². The molecule has 0 atom stereocenters. The summed E-state index contributed by atoms with van der Waals surface area (Å²) in [5.74, 6) is 1.26. The van der Waals surface area contributed by atoms with Crippen molar-refractivity contribution >= 4 is 11.6 Å². The van der Waals surface area contributed by atoms with Crippen LogP contribution in [0.3, 0.4) is 0 Å². The predicted octanol–water partition coefficient (Wildman–Crippen LogP) is 3.19. The summed E-state index contributed by atoms with van der Waals surface area (Å²) in [6.45, 7) is 0.624. The fourth-order valence-electron chi connectivity index (χ4n) is 2.08. The highest BCUT2D eigenvalue weighted by Gasteiger charge is 2.29. The molecule has 3 nitrogen and oxygen atoms in total. The second-order valence-electron chi connectivity index (χ2n) is 4.59. The molecule has 0 amide bonds. The standard InChI is InChI=1S/C13H13ClFN3/c14-13-17-16-12(10-5-6-10)18(13)8-7-9-3-1-2-4-11(9)15/h1-4,10H,5-8H2. The Morgan fingerprint density at radius 2 is 2.06 bits per heavy atom. The van der Waals surface area contributed by atoms with E-state index in [-0.39, 0.29) is 5.82 Å². The van der Waals surface area contributed by atoms with Gasteiger partial charge in [0.1, 0.15) is 11.6 Å². The van der Waals surface area contributed by atoms with E-state index in [1.807, 2.05) is 10.6 Å². The van der Waals surface area contributed by atoms with Crippen LogP contribution in [0.4, 0.5) is 4.39 Å². The number of rotatable bonds is 4. The lowest BCUT2D eigenvalue weighted by molar-refractivity contribution is 0.586. The topological polar surface area (TPSA) is 30.7 Å². The van der Waals surface area contributed by atoms with E-state index in [9.17, 15) is 4.39 Å². The highest BCUT2D eigenvalue weighted by atomic mass is 35.5. The van der Waals surface area contributed by atoms with Gasteiger partial charge in [-0.15, -0.1) is 10.2 Å². The van der Waals surface area contributed by atoms with Crippen LogP contribution in [0.1, 0.15) is 30.1 Å². The maximum atomic E-state index is 13.5. The first kappa shape index (κ1) is 11.7. The summed E-state index contributed by atoms with van der Waals surface area (Å²) < 4.78 is 15.4. The minimum absolute atomic E-state index is 0.172. The van der Waals surface area contributed by atoms with Crippen molar-refractivity contribution in [3.8, 4) is 0 Å². The van der Waals surface area contributed by atoms with E-state index in [4.69, 9.17) is 11.6 Å². The number of aryl methyl sites for hydroxylation is 1. The molecule has 0 spiro atoms. The molecule has 1 aliphatic carbocycles. The lowest BCUT2D eigenvalue weighted by atomic mass is 10.1. The zero-order valence-electron chi connectivity index (χ0n) is 9.81. The van der Waals surface area contributed by atoms with E-state index in [1.54, 1.807) is 12.1 Å². The molecule has 0 N–H and O–H groups in total. The Morgan fingerprint density at radius 1 is 1.28 bits per heavy atom. The fourth-order valence-corrected chi connectivity index (χ4v) is 2.29. The summed E-state index contributed by atoms with van der Waals surface area (Å²) in [6.07, 6.45) is 2.90. The molecule has 1 aliphatic rings. The van der Waals surface area contributed by atoms with Crippen LogP contribution in [-0.4, -0.2) is 14.8 Å². The van der Waals surface area contributed by atoms with Gasteiger partial charge in [0, 0.05) is 12.5 Å². The van der Waals surface area contributed by atoms with E-state index in [2.05, 4.69) is 10.2 Å². The van der Waals surface area contributed by atoms with E-state index < -0.39 is 0 Å². The SMILES string of the molecule is Fc1ccccc1CCn1c(Cl)nnc1C1CC1. The highest BCUT2D eigenvalue weighted by molar-refractivity contribution is 6.28. The third-order valence-corrected chi connectivity index (χ3v) is 3.52. The second kappa shape index (κ2) is 4.69. The van der Waals surface area contributed by atoms with Crippen molar-refractivity contribution in [3.05, 3.63) is 46.8 Å². The largest absolute Gasteiger partial charge is 0.301 e. The van der Waals surface area contributed by atoms with Gasteiger partial charge in [-0.25, -0.2) is 4.39 Å². The maximum Gasteiger partial charge on any atom is 0.225 e. The first-order valence-corrected chi connectivity index (χ1v) is 6.45. The molecule has 2 aromatic rings. The van der Waals surface area contributed by atoms with Crippen molar-refractivity contribution in [2.24, 2.45) is 0 Å². The molecule has 1 aromatic heterocycles. The molecule has 0 aliphatic heterocycles. The van der Waals surface area contributed by atoms with Crippen molar-refractivity contribution in [2.75, 3.05) is 0 Å². The molecule has 3 rings (SSSR count). The first-order chi connectivity index (χ1) is 8.75. The number of aromatic nitrogens is 3. The Kier molecular flexibility index (Phi) is 3.04. The first-order valence-electron chi connectivity index (χ1n) is 6.07. The Hall–Kier alpha value is -1.42. The van der Waals surface area contributed by atoms with Crippen molar-refractivity contribution < 1.29 is 4.39 Å². The van der Waals surface area contributed by atoms with Gasteiger partial charge < -0.3 is 4.57 Å². The quantitative estimate of drug-likeness (QED) is 0.850. The average Bonchev–Trinajstić information content (AvgIpc) is 3.14. The number of hydrogen-bond donors (Lipinski definition) is 0. The number of hydrogen-bond acceptors (Lipinski definition) is 2. The molecule has 94 valence electrons. The molecular formula is C13H13ClFN3. The van der Waals surface area contributed by atoms with Gasteiger partial charge in [-0.3, -0.25) is 0 Å². The van der Waals surface area contributed by atoms with Crippen LogP contribution in [0.25, 0.3) is 0 Å². The van der Waals surface area contributed by atoms with Crippen molar-refractivity contribution in [1.29, 1.82) is 0 Å². The molecule has 0 unspecified atom stereocenters. The summed E-state index contributed by atoms with van der Waals surface area (Å²) in [5.41, 5.74) is 0.698. The highest BCUT2D eigenvalue weighted by Crippen LogP contribution is 2.39. The molecule has 1 saturated carbocycles. The van der Waals surface area contributed by atoms with Crippen LogP contribution < -0.4 is 0 Å². The van der Waals surface area contributed by atoms with Crippen LogP contribution in [-0.2, 0) is 13.0 Å². The van der Waals surface area contributed by atoms with Crippen molar-refractivity contribution in [1.82, 2.24) is 14.8 Å². The van der Waals surface area contributed by atoms with Crippen LogP contribution in [0, 0.1) is 5.82 Å². The molecule has 18 heavy (non-hydrogen) atoms. The molecule has 0 radical (unpaired) electrons. The molecule has 0 bridgehead atoms. The van der Waals surface area contributed by atoms with Crippen LogP contribution in [0.5, 0.6) is 0 Å². The Morgan fingerprint density at radius 3 is 2.78 bits per heavy atom. The molecule has 1 heterocycles. The minimum atomic E-state index is -0.172. The van der Waals surface area contributed by atoms with Gasteiger partial charge in [-0.2, -0.15) is 0 Å². The molecule has 5 heteroatoms. The van der Waals surface area contributed by atoms with E-state index in [0.29, 0.717) is 29.7 Å². The maximum absolute atomic E-state index is 13.5. The summed E-state index contributed by atoms with van der Waals surface area (Å²) in [6, 6.07) is 6.81.